The van der Waals surface area contributed by atoms with Crippen LogP contribution in [0, 0.1) is 0 Å². The molecule has 1 aliphatic rings. The molecule has 1 atom stereocenters. The van der Waals surface area contributed by atoms with Gasteiger partial charge in [-0.25, -0.2) is 0 Å². The lowest BCUT2D eigenvalue weighted by Crippen LogP contribution is -2.16. The molecule has 5 nitrogen and oxygen atoms in total. The standard InChI is InChI=1S/C14H12ClN3O2S/c15-11-4-3-10(21-11)14(16)7-1-2-8-9(5-7)18-13(20)6-12(19)17-8/h1-5,14H,6,16H2,(H,17,19)(H,18,20). The highest BCUT2D eigenvalue weighted by molar-refractivity contribution is 7.16. The maximum atomic E-state index is 11.6. The third-order valence-corrected chi connectivity index (χ3v) is 4.49. The zero-order chi connectivity index (χ0) is 15.0. The van der Waals surface area contributed by atoms with Gasteiger partial charge in [0.2, 0.25) is 11.8 Å². The number of anilines is 2. The lowest BCUT2D eigenvalue weighted by molar-refractivity contribution is -0.123. The minimum absolute atomic E-state index is 0.184. The van der Waals surface area contributed by atoms with Crippen molar-refractivity contribution in [1.29, 1.82) is 0 Å². The van der Waals surface area contributed by atoms with Gasteiger partial charge in [0.05, 0.1) is 21.8 Å². The van der Waals surface area contributed by atoms with Crippen molar-refractivity contribution < 1.29 is 9.59 Å². The summed E-state index contributed by atoms with van der Waals surface area (Å²) in [6, 6.07) is 8.69. The Kier molecular flexibility index (Phi) is 3.67. The average molecular weight is 322 g/mol. The van der Waals surface area contributed by atoms with Gasteiger partial charge in [0, 0.05) is 4.88 Å². The number of thiophene rings is 1. The molecule has 1 unspecified atom stereocenters. The molecule has 1 aromatic carbocycles. The summed E-state index contributed by atoms with van der Waals surface area (Å²) < 4.78 is 0.677. The van der Waals surface area contributed by atoms with Gasteiger partial charge in [-0.2, -0.15) is 0 Å². The molecule has 2 amide bonds. The van der Waals surface area contributed by atoms with E-state index in [0.717, 1.165) is 10.4 Å². The molecule has 21 heavy (non-hydrogen) atoms. The van der Waals surface area contributed by atoms with E-state index in [4.69, 9.17) is 17.3 Å². The number of hydrogen-bond donors (Lipinski definition) is 3. The molecule has 2 aromatic rings. The van der Waals surface area contributed by atoms with Crippen LogP contribution in [0.3, 0.4) is 0 Å². The zero-order valence-corrected chi connectivity index (χ0v) is 12.4. The number of nitrogens with two attached hydrogens (primary N) is 1. The fourth-order valence-corrected chi connectivity index (χ4v) is 3.25. The first-order valence-corrected chi connectivity index (χ1v) is 7.47. The Morgan fingerprint density at radius 2 is 1.81 bits per heavy atom. The normalized spacial score (nSPS) is 15.7. The van der Waals surface area contributed by atoms with E-state index in [2.05, 4.69) is 10.6 Å². The number of benzene rings is 1. The fourth-order valence-electron chi connectivity index (χ4n) is 2.16. The minimum atomic E-state index is -0.337. The van der Waals surface area contributed by atoms with Crippen molar-refractivity contribution in [3.63, 3.8) is 0 Å². The molecule has 4 N–H and O–H groups in total. The van der Waals surface area contributed by atoms with Crippen LogP contribution in [0.5, 0.6) is 0 Å². The second kappa shape index (κ2) is 5.48. The molecule has 0 spiro atoms. The molecule has 0 saturated carbocycles. The molecule has 2 heterocycles. The highest BCUT2D eigenvalue weighted by Crippen LogP contribution is 2.33. The van der Waals surface area contributed by atoms with Gasteiger partial charge in [-0.1, -0.05) is 17.7 Å². The molecule has 0 fully saturated rings. The average Bonchev–Trinajstić information content (AvgIpc) is 2.79. The van der Waals surface area contributed by atoms with Crippen molar-refractivity contribution in [2.45, 2.75) is 12.5 Å². The number of fused-ring (bicyclic) bond motifs is 1. The maximum absolute atomic E-state index is 11.6. The van der Waals surface area contributed by atoms with Gasteiger partial charge in [-0.05, 0) is 29.8 Å². The van der Waals surface area contributed by atoms with E-state index < -0.39 is 0 Å². The van der Waals surface area contributed by atoms with Gasteiger partial charge in [-0.15, -0.1) is 11.3 Å². The SMILES string of the molecule is NC(c1ccc2c(c1)NC(=O)CC(=O)N2)c1ccc(Cl)s1. The van der Waals surface area contributed by atoms with Crippen LogP contribution in [-0.4, -0.2) is 11.8 Å². The van der Waals surface area contributed by atoms with Gasteiger partial charge in [0.25, 0.3) is 0 Å². The summed E-state index contributed by atoms with van der Waals surface area (Å²) in [5, 5.41) is 5.39. The molecular weight excluding hydrogens is 310 g/mol. The van der Waals surface area contributed by atoms with E-state index in [0.29, 0.717) is 15.7 Å². The molecule has 1 aliphatic heterocycles. The van der Waals surface area contributed by atoms with Crippen molar-refractivity contribution in [2.75, 3.05) is 10.6 Å². The van der Waals surface area contributed by atoms with Gasteiger partial charge >= 0.3 is 0 Å². The second-order valence-electron chi connectivity index (χ2n) is 4.70. The topological polar surface area (TPSA) is 84.2 Å². The van der Waals surface area contributed by atoms with Crippen molar-refractivity contribution >= 4 is 46.1 Å². The highest BCUT2D eigenvalue weighted by atomic mass is 35.5. The second-order valence-corrected chi connectivity index (χ2v) is 6.44. The lowest BCUT2D eigenvalue weighted by atomic mass is 10.0. The number of rotatable bonds is 2. The van der Waals surface area contributed by atoms with Crippen molar-refractivity contribution in [3.8, 4) is 0 Å². The molecular formula is C14H12ClN3O2S. The van der Waals surface area contributed by atoms with Crippen LogP contribution in [0.25, 0.3) is 0 Å². The Labute approximate surface area is 130 Å². The highest BCUT2D eigenvalue weighted by Gasteiger charge is 2.20. The van der Waals surface area contributed by atoms with E-state index in [9.17, 15) is 9.59 Å². The predicted molar refractivity (Wildman–Crippen MR) is 83.7 cm³/mol. The molecule has 0 bridgehead atoms. The van der Waals surface area contributed by atoms with Gasteiger partial charge in [0.1, 0.15) is 6.42 Å². The molecule has 7 heteroatoms. The predicted octanol–water partition coefficient (Wildman–Crippen LogP) is 2.73. The molecule has 0 radical (unpaired) electrons. The Balaban J connectivity index is 1.95. The summed E-state index contributed by atoms with van der Waals surface area (Å²) in [7, 11) is 0. The number of amides is 2. The summed E-state index contributed by atoms with van der Waals surface area (Å²) in [5.41, 5.74) is 8.18. The summed E-state index contributed by atoms with van der Waals surface area (Å²) in [6.45, 7) is 0. The van der Waals surface area contributed by atoms with E-state index in [1.165, 1.54) is 11.3 Å². The van der Waals surface area contributed by atoms with Crippen LogP contribution in [0.4, 0.5) is 11.4 Å². The van der Waals surface area contributed by atoms with E-state index in [1.54, 1.807) is 18.2 Å². The van der Waals surface area contributed by atoms with Crippen LogP contribution in [-0.2, 0) is 9.59 Å². The third kappa shape index (κ3) is 2.92. The van der Waals surface area contributed by atoms with Gasteiger partial charge in [-0.3, -0.25) is 9.59 Å². The van der Waals surface area contributed by atoms with Crippen molar-refractivity contribution in [3.05, 3.63) is 45.1 Å². The number of carbonyl (C=O) groups excluding carboxylic acids is 2. The van der Waals surface area contributed by atoms with E-state index >= 15 is 0 Å². The number of hydrogen-bond acceptors (Lipinski definition) is 4. The van der Waals surface area contributed by atoms with Crippen LogP contribution in [0.15, 0.2) is 30.3 Å². The molecule has 0 saturated heterocycles. The largest absolute Gasteiger partial charge is 0.324 e. The minimum Gasteiger partial charge on any atom is -0.324 e. The van der Waals surface area contributed by atoms with Crippen molar-refractivity contribution in [2.24, 2.45) is 5.73 Å². The third-order valence-electron chi connectivity index (χ3n) is 3.17. The summed E-state index contributed by atoms with van der Waals surface area (Å²) in [4.78, 5) is 24.0. The first-order chi connectivity index (χ1) is 10.0. The monoisotopic (exact) mass is 321 g/mol. The molecule has 0 aliphatic carbocycles. The zero-order valence-electron chi connectivity index (χ0n) is 10.9. The Bertz CT molecular complexity index is 729. The number of nitrogens with one attached hydrogen (secondary N) is 2. The Hall–Kier alpha value is -1.89. The summed E-state index contributed by atoms with van der Waals surface area (Å²) in [6.07, 6.45) is -0.184. The van der Waals surface area contributed by atoms with E-state index in [1.807, 2.05) is 12.1 Å². The smallest absolute Gasteiger partial charge is 0.233 e. The van der Waals surface area contributed by atoms with Crippen LogP contribution >= 0.6 is 22.9 Å². The molecule has 1 aromatic heterocycles. The quantitative estimate of drug-likeness (QED) is 0.744. The number of carbonyl (C=O) groups is 2. The Morgan fingerprint density at radius 1 is 1.10 bits per heavy atom. The first kappa shape index (κ1) is 14.1. The molecule has 3 rings (SSSR count). The first-order valence-electron chi connectivity index (χ1n) is 6.27. The number of halogens is 1. The summed E-state index contributed by atoms with van der Waals surface area (Å²) in [5.74, 6) is -0.663. The fraction of sp³-hybridized carbons (Fsp3) is 0.143. The molecule has 108 valence electrons. The van der Waals surface area contributed by atoms with Crippen LogP contribution in [0.2, 0.25) is 4.34 Å². The summed E-state index contributed by atoms with van der Waals surface area (Å²) >= 11 is 7.34. The lowest BCUT2D eigenvalue weighted by Gasteiger charge is -2.14. The van der Waals surface area contributed by atoms with Crippen LogP contribution in [0.1, 0.15) is 22.9 Å². The van der Waals surface area contributed by atoms with E-state index in [-0.39, 0.29) is 24.3 Å². The van der Waals surface area contributed by atoms with Crippen LogP contribution < -0.4 is 16.4 Å². The Morgan fingerprint density at radius 3 is 2.48 bits per heavy atom. The maximum Gasteiger partial charge on any atom is 0.233 e. The van der Waals surface area contributed by atoms with Crippen molar-refractivity contribution in [1.82, 2.24) is 0 Å². The van der Waals surface area contributed by atoms with Gasteiger partial charge < -0.3 is 16.4 Å². The van der Waals surface area contributed by atoms with Gasteiger partial charge in [0.15, 0.2) is 0 Å².